The van der Waals surface area contributed by atoms with Crippen LogP contribution in [0.15, 0.2) is 0 Å². The van der Waals surface area contributed by atoms with Gasteiger partial charge in [-0.3, -0.25) is 9.59 Å². The van der Waals surface area contributed by atoms with Crippen LogP contribution in [-0.2, 0) is 33.3 Å². The van der Waals surface area contributed by atoms with Gasteiger partial charge in [0.2, 0.25) is 5.79 Å². The van der Waals surface area contributed by atoms with Gasteiger partial charge in [0.15, 0.2) is 12.4 Å². The Labute approximate surface area is 241 Å². The van der Waals surface area contributed by atoms with E-state index in [4.69, 9.17) is 23.7 Å². The van der Waals surface area contributed by atoms with Crippen molar-refractivity contribution in [2.24, 2.45) is 0 Å². The largest absolute Gasteiger partial charge is 0.460 e. The van der Waals surface area contributed by atoms with Gasteiger partial charge in [0.25, 0.3) is 0 Å². The minimum Gasteiger partial charge on any atom is -0.460 e. The lowest BCUT2D eigenvalue weighted by Gasteiger charge is -2.48. The summed E-state index contributed by atoms with van der Waals surface area (Å²) < 4.78 is 27.5. The predicted molar refractivity (Wildman–Crippen MR) is 143 cm³/mol. The van der Waals surface area contributed by atoms with Crippen molar-refractivity contribution >= 4 is 11.9 Å². The maximum absolute atomic E-state index is 12.5. The molecule has 0 aliphatic carbocycles. The smallest absolute Gasteiger partial charge is 0.306 e. The highest BCUT2D eigenvalue weighted by atomic mass is 16.8. The molecule has 2 rings (SSSR count). The molecular weight excluding hydrogens is 544 g/mol. The fourth-order valence-corrected chi connectivity index (χ4v) is 4.84. The minimum absolute atomic E-state index is 0.0556. The highest BCUT2D eigenvalue weighted by Gasteiger charge is 2.56. The lowest BCUT2D eigenvalue weighted by atomic mass is 9.95. The maximum atomic E-state index is 12.5. The van der Waals surface area contributed by atoms with Crippen LogP contribution in [0, 0.1) is 0 Å². The molecule has 2 aliphatic rings. The fourth-order valence-electron chi connectivity index (χ4n) is 4.84. The third-order valence-electron chi connectivity index (χ3n) is 7.48. The minimum atomic E-state index is -2.29. The first-order valence-electron chi connectivity index (χ1n) is 14.9. The number of aliphatic hydroxyl groups excluding tert-OH is 6. The maximum Gasteiger partial charge on any atom is 0.306 e. The van der Waals surface area contributed by atoms with Crippen LogP contribution in [-0.4, -0.2) is 117 Å². The Morgan fingerprint density at radius 1 is 0.805 bits per heavy atom. The molecule has 2 heterocycles. The number of rotatable bonds is 18. The summed E-state index contributed by atoms with van der Waals surface area (Å²) in [7, 11) is 0. The van der Waals surface area contributed by atoms with Crippen LogP contribution in [0.3, 0.4) is 0 Å². The van der Waals surface area contributed by atoms with E-state index in [2.05, 4.69) is 13.8 Å². The number of ether oxygens (including phenoxy) is 5. The first-order valence-corrected chi connectivity index (χ1v) is 14.9. The Morgan fingerprint density at radius 3 is 1.98 bits per heavy atom. The molecule has 2 fully saturated rings. The van der Waals surface area contributed by atoms with Gasteiger partial charge in [-0.05, 0) is 12.8 Å². The van der Waals surface area contributed by atoms with Crippen LogP contribution < -0.4 is 0 Å². The molecule has 2 aliphatic heterocycles. The molecule has 0 bridgehead atoms. The van der Waals surface area contributed by atoms with Gasteiger partial charge in [-0.15, -0.1) is 0 Å². The molecule has 0 unspecified atom stereocenters. The number of aliphatic hydroxyl groups is 6. The second-order valence-electron chi connectivity index (χ2n) is 10.9. The van der Waals surface area contributed by atoms with Crippen LogP contribution in [0.5, 0.6) is 0 Å². The number of unbranched alkanes of at least 4 members (excludes halogenated alkanes) is 8. The molecule has 0 amide bonds. The van der Waals surface area contributed by atoms with Crippen LogP contribution in [0.4, 0.5) is 0 Å². The highest BCUT2D eigenvalue weighted by molar-refractivity contribution is 5.69. The molecule has 41 heavy (non-hydrogen) atoms. The second kappa shape index (κ2) is 18.3. The molecular formula is C28H50O13. The van der Waals surface area contributed by atoms with Crippen molar-refractivity contribution in [2.45, 2.75) is 146 Å². The number of hydrogen-bond donors (Lipinski definition) is 6. The Balaban J connectivity index is 2.12. The van der Waals surface area contributed by atoms with E-state index in [9.17, 15) is 40.2 Å². The zero-order valence-electron chi connectivity index (χ0n) is 24.3. The van der Waals surface area contributed by atoms with Crippen molar-refractivity contribution in [3.63, 3.8) is 0 Å². The standard InChI is InChI=1S/C28H50O13/c1-3-5-7-9-11-13-20(31)37-17-28(26(36)22(33)18(30)16-38-28)41-27-24(35)25(23(34)19(15-29)39-27)40-21(32)14-12-10-8-6-4-2/h18-19,22-27,29-30,33-36H,3-17H2,1-2H3/t18-,19-,22-,23-,24-,25+,26+,27-,28+/m1/s1. The van der Waals surface area contributed by atoms with Crippen molar-refractivity contribution in [3.05, 3.63) is 0 Å². The molecule has 0 aromatic rings. The molecule has 9 atom stereocenters. The SMILES string of the molecule is CCCCCCCC(=O)OC[C@@]1(O[C@H]2O[C@H](CO)[C@@H](O)[C@H](OC(=O)CCCCCCC)[C@H]2O)OC[C@@H](O)[C@@H](O)[C@@H]1O. The van der Waals surface area contributed by atoms with Crippen LogP contribution in [0.2, 0.25) is 0 Å². The van der Waals surface area contributed by atoms with Crippen molar-refractivity contribution in [2.75, 3.05) is 19.8 Å². The van der Waals surface area contributed by atoms with Crippen LogP contribution in [0.1, 0.15) is 90.9 Å². The van der Waals surface area contributed by atoms with Crippen molar-refractivity contribution < 1.29 is 63.9 Å². The van der Waals surface area contributed by atoms with E-state index in [0.717, 1.165) is 51.4 Å². The van der Waals surface area contributed by atoms with Gasteiger partial charge in [0.1, 0.15) is 43.2 Å². The van der Waals surface area contributed by atoms with E-state index in [0.29, 0.717) is 12.8 Å². The van der Waals surface area contributed by atoms with E-state index < -0.39 is 86.6 Å². The average molecular weight is 595 g/mol. The monoisotopic (exact) mass is 594 g/mol. The third-order valence-corrected chi connectivity index (χ3v) is 7.48. The van der Waals surface area contributed by atoms with Gasteiger partial charge in [-0.25, -0.2) is 0 Å². The Kier molecular flexibility index (Phi) is 16.0. The number of hydrogen-bond acceptors (Lipinski definition) is 13. The molecule has 0 aromatic carbocycles. The molecule has 13 nitrogen and oxygen atoms in total. The van der Waals surface area contributed by atoms with E-state index in [1.807, 2.05) is 0 Å². The first-order chi connectivity index (χ1) is 19.6. The normalized spacial score (nSPS) is 33.9. The van der Waals surface area contributed by atoms with E-state index in [-0.39, 0.29) is 12.8 Å². The van der Waals surface area contributed by atoms with Gasteiger partial charge in [0.05, 0.1) is 13.2 Å². The van der Waals surface area contributed by atoms with Gasteiger partial charge < -0.3 is 54.3 Å². The van der Waals surface area contributed by atoms with E-state index >= 15 is 0 Å². The summed E-state index contributed by atoms with van der Waals surface area (Å²) in [6.45, 7) is 2.17. The number of carbonyl (C=O) groups is 2. The summed E-state index contributed by atoms with van der Waals surface area (Å²) in [6.07, 6.45) is -4.23. The average Bonchev–Trinajstić information content (AvgIpc) is 2.96. The van der Waals surface area contributed by atoms with E-state index in [1.54, 1.807) is 0 Å². The van der Waals surface area contributed by atoms with Crippen LogP contribution >= 0.6 is 0 Å². The lowest BCUT2D eigenvalue weighted by molar-refractivity contribution is -0.415. The molecule has 13 heteroatoms. The fraction of sp³-hybridized carbons (Fsp3) is 0.929. The third kappa shape index (κ3) is 10.7. The predicted octanol–water partition coefficient (Wildman–Crippen LogP) is 0.427. The Morgan fingerprint density at radius 2 is 1.39 bits per heavy atom. The molecule has 6 N–H and O–H groups in total. The van der Waals surface area contributed by atoms with Gasteiger partial charge in [0, 0.05) is 12.8 Å². The second-order valence-corrected chi connectivity index (χ2v) is 10.9. The molecule has 0 saturated carbocycles. The zero-order valence-corrected chi connectivity index (χ0v) is 24.3. The van der Waals surface area contributed by atoms with Gasteiger partial charge in [-0.2, -0.15) is 0 Å². The summed E-state index contributed by atoms with van der Waals surface area (Å²) >= 11 is 0. The zero-order chi connectivity index (χ0) is 30.4. The van der Waals surface area contributed by atoms with Crippen LogP contribution in [0.25, 0.3) is 0 Å². The molecule has 240 valence electrons. The molecule has 2 saturated heterocycles. The first kappa shape index (κ1) is 35.8. The Bertz CT molecular complexity index is 767. The summed E-state index contributed by atoms with van der Waals surface area (Å²) in [5.74, 6) is -3.57. The quantitative estimate of drug-likeness (QED) is 0.0943. The van der Waals surface area contributed by atoms with Gasteiger partial charge in [-0.1, -0.05) is 65.2 Å². The van der Waals surface area contributed by atoms with E-state index in [1.165, 1.54) is 0 Å². The summed E-state index contributed by atoms with van der Waals surface area (Å²) in [5.41, 5.74) is 0. The summed E-state index contributed by atoms with van der Waals surface area (Å²) in [5, 5.41) is 62.5. The molecule has 0 aromatic heterocycles. The summed E-state index contributed by atoms with van der Waals surface area (Å²) in [4.78, 5) is 24.9. The molecule has 0 spiro atoms. The van der Waals surface area contributed by atoms with Crippen molar-refractivity contribution in [1.29, 1.82) is 0 Å². The van der Waals surface area contributed by atoms with Crippen molar-refractivity contribution in [3.8, 4) is 0 Å². The lowest BCUT2D eigenvalue weighted by Crippen LogP contribution is -2.68. The summed E-state index contributed by atoms with van der Waals surface area (Å²) in [6, 6.07) is 0. The van der Waals surface area contributed by atoms with Crippen molar-refractivity contribution in [1.82, 2.24) is 0 Å². The number of carbonyl (C=O) groups excluding carboxylic acids is 2. The topological polar surface area (TPSA) is 202 Å². The number of esters is 2. The molecule has 0 radical (unpaired) electrons. The van der Waals surface area contributed by atoms with Gasteiger partial charge >= 0.3 is 11.9 Å². The Hall–Kier alpha value is -1.42. The highest BCUT2D eigenvalue weighted by Crippen LogP contribution is 2.34.